The van der Waals surface area contributed by atoms with Crippen molar-refractivity contribution in [3.05, 3.63) is 44.7 Å². The summed E-state index contributed by atoms with van der Waals surface area (Å²) < 4.78 is 5.09. The van der Waals surface area contributed by atoms with Crippen LogP contribution in [0, 0.1) is 12.8 Å². The first kappa shape index (κ1) is 23.7. The zero-order valence-corrected chi connectivity index (χ0v) is 19.7. The lowest BCUT2D eigenvalue weighted by Crippen LogP contribution is -2.41. The van der Waals surface area contributed by atoms with Crippen molar-refractivity contribution >= 4 is 46.8 Å². The summed E-state index contributed by atoms with van der Waals surface area (Å²) in [6.45, 7) is 4.87. The summed E-state index contributed by atoms with van der Waals surface area (Å²) in [4.78, 5) is 59.5. The maximum atomic E-state index is 13.1. The van der Waals surface area contributed by atoms with Crippen LogP contribution in [0.3, 0.4) is 0 Å². The van der Waals surface area contributed by atoms with Crippen molar-refractivity contribution in [3.63, 3.8) is 0 Å². The van der Waals surface area contributed by atoms with Gasteiger partial charge in [-0.15, -0.1) is 0 Å². The molecule has 180 valence electrons. The number of carbonyl (C=O) groups is 3. The van der Waals surface area contributed by atoms with Gasteiger partial charge in [0.25, 0.3) is 5.56 Å². The van der Waals surface area contributed by atoms with E-state index >= 15 is 0 Å². The number of amides is 2. The molecule has 1 saturated heterocycles. The number of esters is 1. The maximum absolute atomic E-state index is 13.1. The highest BCUT2D eigenvalue weighted by molar-refractivity contribution is 6.31. The molecule has 2 aliphatic heterocycles. The van der Waals surface area contributed by atoms with Crippen LogP contribution in [0.4, 0.5) is 17.5 Å². The summed E-state index contributed by atoms with van der Waals surface area (Å²) in [5, 5.41) is 5.89. The van der Waals surface area contributed by atoms with E-state index in [9.17, 15) is 19.2 Å². The second-order valence-electron chi connectivity index (χ2n) is 8.37. The van der Waals surface area contributed by atoms with Crippen molar-refractivity contribution in [1.82, 2.24) is 9.97 Å². The van der Waals surface area contributed by atoms with Crippen molar-refractivity contribution in [2.75, 3.05) is 35.2 Å². The van der Waals surface area contributed by atoms with Crippen LogP contribution in [-0.4, -0.2) is 47.4 Å². The fourth-order valence-electron chi connectivity index (χ4n) is 4.28. The van der Waals surface area contributed by atoms with Crippen LogP contribution in [-0.2, 0) is 19.1 Å². The normalized spacial score (nSPS) is 18.1. The number of carbonyl (C=O) groups excluding carboxylic acids is 3. The van der Waals surface area contributed by atoms with Gasteiger partial charge in [0.2, 0.25) is 17.8 Å². The number of hydrogen-bond acceptors (Lipinski definition) is 7. The predicted molar refractivity (Wildman–Crippen MR) is 127 cm³/mol. The van der Waals surface area contributed by atoms with E-state index in [1.165, 1.54) is 0 Å². The Balaban J connectivity index is 1.56. The molecule has 0 radical (unpaired) electrons. The number of aromatic nitrogens is 2. The Labute approximate surface area is 201 Å². The molecule has 11 heteroatoms. The third kappa shape index (κ3) is 4.77. The smallest absolute Gasteiger partial charge is 0.309 e. The number of hydrogen-bond donors (Lipinski definition) is 3. The summed E-state index contributed by atoms with van der Waals surface area (Å²) in [7, 11) is 0. The quantitative estimate of drug-likeness (QED) is 0.552. The molecular weight excluding hydrogens is 462 g/mol. The fourth-order valence-corrected chi connectivity index (χ4v) is 4.46. The second-order valence-corrected chi connectivity index (χ2v) is 8.78. The maximum Gasteiger partial charge on any atom is 0.309 e. The van der Waals surface area contributed by atoms with E-state index in [1.54, 1.807) is 32.0 Å². The number of aromatic amines is 1. The van der Waals surface area contributed by atoms with E-state index in [-0.39, 0.29) is 35.6 Å². The van der Waals surface area contributed by atoms with Crippen LogP contribution in [0.15, 0.2) is 23.0 Å². The summed E-state index contributed by atoms with van der Waals surface area (Å²) in [6, 6.07) is 5.12. The fraction of sp³-hybridized carbons (Fsp3) is 0.435. The standard InChI is InChI=1S/C23H26ClN5O5/c1-3-34-22(33)13-7-9-29(10-8-13)23-27-19-18(21(32)28-23)14(11-17(30)26-19)20(31)25-16-6-4-5-15(24)12(16)2/h4-6,13-14H,3,7-11H2,1-2H3,(H,25,31)(H2,26,27,28,30,32). The van der Waals surface area contributed by atoms with Crippen molar-refractivity contribution in [1.29, 1.82) is 0 Å². The second kappa shape index (κ2) is 9.84. The predicted octanol–water partition coefficient (Wildman–Crippen LogP) is 2.58. The van der Waals surface area contributed by atoms with E-state index < -0.39 is 23.3 Å². The molecule has 0 bridgehead atoms. The van der Waals surface area contributed by atoms with Crippen LogP contribution >= 0.6 is 11.6 Å². The van der Waals surface area contributed by atoms with E-state index in [0.717, 1.165) is 0 Å². The van der Waals surface area contributed by atoms with Gasteiger partial charge in [-0.1, -0.05) is 17.7 Å². The highest BCUT2D eigenvalue weighted by Crippen LogP contribution is 2.32. The van der Waals surface area contributed by atoms with Gasteiger partial charge in [0, 0.05) is 30.2 Å². The summed E-state index contributed by atoms with van der Waals surface area (Å²) in [5.41, 5.74) is 0.819. The summed E-state index contributed by atoms with van der Waals surface area (Å²) in [5.74, 6) is -1.93. The summed E-state index contributed by atoms with van der Waals surface area (Å²) >= 11 is 6.13. The molecule has 2 aromatic rings. The lowest BCUT2D eigenvalue weighted by molar-refractivity contribution is -0.148. The number of ether oxygens (including phenoxy) is 1. The average Bonchev–Trinajstić information content (AvgIpc) is 2.81. The first-order chi connectivity index (χ1) is 16.3. The lowest BCUT2D eigenvalue weighted by atomic mass is 9.92. The number of piperidine rings is 1. The molecule has 1 unspecified atom stereocenters. The zero-order chi connectivity index (χ0) is 24.4. The molecule has 1 aromatic heterocycles. The van der Waals surface area contributed by atoms with Gasteiger partial charge in [-0.25, -0.2) is 0 Å². The van der Waals surface area contributed by atoms with Crippen molar-refractivity contribution in [2.45, 2.75) is 39.0 Å². The first-order valence-corrected chi connectivity index (χ1v) is 11.6. The highest BCUT2D eigenvalue weighted by atomic mass is 35.5. The Bertz CT molecular complexity index is 1190. The number of halogens is 1. The van der Waals surface area contributed by atoms with Gasteiger partial charge in [-0.2, -0.15) is 4.98 Å². The van der Waals surface area contributed by atoms with E-state index in [2.05, 4.69) is 20.6 Å². The molecular formula is C23H26ClN5O5. The third-order valence-electron chi connectivity index (χ3n) is 6.20. The minimum Gasteiger partial charge on any atom is -0.466 e. The van der Waals surface area contributed by atoms with Gasteiger partial charge in [0.15, 0.2) is 0 Å². The molecule has 1 atom stereocenters. The van der Waals surface area contributed by atoms with Crippen molar-refractivity contribution < 1.29 is 19.1 Å². The number of fused-ring (bicyclic) bond motifs is 1. The van der Waals surface area contributed by atoms with Crippen LogP contribution in [0.25, 0.3) is 0 Å². The number of benzene rings is 1. The third-order valence-corrected chi connectivity index (χ3v) is 6.60. The lowest BCUT2D eigenvalue weighted by Gasteiger charge is -2.32. The van der Waals surface area contributed by atoms with E-state index in [1.807, 2.05) is 4.90 Å². The van der Waals surface area contributed by atoms with Gasteiger partial charge < -0.3 is 20.3 Å². The molecule has 10 nitrogen and oxygen atoms in total. The van der Waals surface area contributed by atoms with Crippen LogP contribution in [0.1, 0.15) is 43.2 Å². The molecule has 0 spiro atoms. The molecule has 2 amide bonds. The number of nitrogens with one attached hydrogen (secondary N) is 3. The topological polar surface area (TPSA) is 133 Å². The minimum absolute atomic E-state index is 0.0745. The van der Waals surface area contributed by atoms with Gasteiger partial charge in [0.1, 0.15) is 5.82 Å². The molecule has 4 rings (SSSR count). The Hall–Kier alpha value is -3.40. The SMILES string of the molecule is CCOC(=O)C1CCN(c2nc3c(c(=O)[nH]2)C(C(=O)Nc2cccc(Cl)c2C)CC(=O)N3)CC1. The average molecular weight is 488 g/mol. The van der Waals surface area contributed by atoms with E-state index in [0.29, 0.717) is 48.8 Å². The Morgan fingerprint density at radius 3 is 2.71 bits per heavy atom. The van der Waals surface area contributed by atoms with Crippen LogP contribution < -0.4 is 21.1 Å². The molecule has 34 heavy (non-hydrogen) atoms. The number of rotatable bonds is 5. The largest absolute Gasteiger partial charge is 0.466 e. The van der Waals surface area contributed by atoms with Gasteiger partial charge >= 0.3 is 5.97 Å². The number of anilines is 3. The van der Waals surface area contributed by atoms with Gasteiger partial charge in [-0.3, -0.25) is 24.2 Å². The van der Waals surface area contributed by atoms with E-state index in [4.69, 9.17) is 16.3 Å². The number of nitrogens with zero attached hydrogens (tertiary/aromatic N) is 2. The highest BCUT2D eigenvalue weighted by Gasteiger charge is 2.36. The number of H-pyrrole nitrogens is 1. The minimum atomic E-state index is -0.998. The Morgan fingerprint density at radius 2 is 2.00 bits per heavy atom. The molecule has 3 N–H and O–H groups in total. The molecule has 2 aliphatic rings. The van der Waals surface area contributed by atoms with Crippen LogP contribution in [0.2, 0.25) is 5.02 Å². The zero-order valence-electron chi connectivity index (χ0n) is 18.9. The molecule has 1 aromatic carbocycles. The van der Waals surface area contributed by atoms with Crippen molar-refractivity contribution in [3.8, 4) is 0 Å². The molecule has 0 saturated carbocycles. The van der Waals surface area contributed by atoms with Crippen molar-refractivity contribution in [2.24, 2.45) is 5.92 Å². The molecule has 0 aliphatic carbocycles. The molecule has 1 fully saturated rings. The van der Waals surface area contributed by atoms with Gasteiger partial charge in [0.05, 0.1) is 24.0 Å². The monoisotopic (exact) mass is 487 g/mol. The molecule has 3 heterocycles. The Kier molecular flexibility index (Phi) is 6.87. The van der Waals surface area contributed by atoms with Crippen LogP contribution in [0.5, 0.6) is 0 Å². The Morgan fingerprint density at radius 1 is 1.26 bits per heavy atom. The first-order valence-electron chi connectivity index (χ1n) is 11.2. The van der Waals surface area contributed by atoms with Gasteiger partial charge in [-0.05, 0) is 44.4 Å². The summed E-state index contributed by atoms with van der Waals surface area (Å²) in [6.07, 6.45) is 0.958.